The molecule has 2 aromatic heterocycles. The van der Waals surface area contributed by atoms with Crippen LogP contribution in [0, 0.1) is 12.8 Å². The van der Waals surface area contributed by atoms with Crippen molar-refractivity contribution in [3.05, 3.63) is 36.0 Å². The number of hydrogen-bond acceptors (Lipinski definition) is 7. The van der Waals surface area contributed by atoms with Crippen molar-refractivity contribution >= 4 is 23.5 Å². The maximum Gasteiger partial charge on any atom is 0.306 e. The molecule has 9 nitrogen and oxygen atoms in total. The van der Waals surface area contributed by atoms with Gasteiger partial charge in [-0.05, 0) is 31.9 Å². The Morgan fingerprint density at radius 1 is 1.03 bits per heavy atom. The molecule has 0 aromatic carbocycles. The molecule has 0 unspecified atom stereocenters. The molecule has 2 saturated heterocycles. The number of nitrogens with zero attached hydrogens (tertiary/aromatic N) is 5. The summed E-state index contributed by atoms with van der Waals surface area (Å²) in [5.41, 5.74) is 0. The summed E-state index contributed by atoms with van der Waals surface area (Å²) in [6.07, 6.45) is 2.76. The van der Waals surface area contributed by atoms with Crippen molar-refractivity contribution in [2.24, 2.45) is 5.92 Å². The highest BCUT2D eigenvalue weighted by Crippen LogP contribution is 2.25. The summed E-state index contributed by atoms with van der Waals surface area (Å²) < 4.78 is 5.21. The van der Waals surface area contributed by atoms with Gasteiger partial charge in [-0.2, -0.15) is 0 Å². The average Bonchev–Trinajstić information content (AvgIpc) is 3.28. The van der Waals surface area contributed by atoms with Crippen LogP contribution in [0.3, 0.4) is 0 Å². The summed E-state index contributed by atoms with van der Waals surface area (Å²) in [5.74, 6) is 1.66. The zero-order valence-corrected chi connectivity index (χ0v) is 16.5. The first-order valence-electron chi connectivity index (χ1n) is 9.92. The number of hydrogen-bond donors (Lipinski definition) is 1. The number of furan rings is 1. The maximum atomic E-state index is 12.4. The largest absolute Gasteiger partial charge is 0.481 e. The summed E-state index contributed by atoms with van der Waals surface area (Å²) in [6, 6.07) is 5.37. The highest BCUT2D eigenvalue weighted by atomic mass is 16.4. The van der Waals surface area contributed by atoms with Gasteiger partial charge in [0.05, 0.1) is 12.2 Å². The van der Waals surface area contributed by atoms with Gasteiger partial charge in [-0.1, -0.05) is 0 Å². The molecule has 2 aliphatic rings. The fourth-order valence-electron chi connectivity index (χ4n) is 3.91. The standard InChI is InChI=1S/C20H25N5O4/c1-14-21-17(23-6-4-15(5-7-23)20(27)28)13-18(22-14)24-8-10-25(11-9-24)19(26)16-3-2-12-29-16/h2-3,12-13,15H,4-11H2,1H3,(H,27,28). The average molecular weight is 399 g/mol. The Hall–Kier alpha value is -3.10. The number of aromatic nitrogens is 2. The number of carboxylic acids is 1. The first-order chi connectivity index (χ1) is 14.0. The fourth-order valence-corrected chi connectivity index (χ4v) is 3.91. The number of rotatable bonds is 4. The first-order valence-corrected chi connectivity index (χ1v) is 9.92. The van der Waals surface area contributed by atoms with Crippen molar-refractivity contribution < 1.29 is 19.1 Å². The highest BCUT2D eigenvalue weighted by molar-refractivity contribution is 5.91. The molecule has 4 rings (SSSR count). The third-order valence-electron chi connectivity index (χ3n) is 5.60. The van der Waals surface area contributed by atoms with Crippen molar-refractivity contribution in [1.82, 2.24) is 14.9 Å². The van der Waals surface area contributed by atoms with Gasteiger partial charge in [-0.25, -0.2) is 9.97 Å². The Morgan fingerprint density at radius 2 is 1.66 bits per heavy atom. The number of amides is 1. The molecule has 0 spiro atoms. The van der Waals surface area contributed by atoms with Gasteiger partial charge in [0, 0.05) is 45.3 Å². The number of anilines is 2. The monoisotopic (exact) mass is 399 g/mol. The van der Waals surface area contributed by atoms with Crippen LogP contribution in [0.2, 0.25) is 0 Å². The minimum absolute atomic E-state index is 0.0875. The van der Waals surface area contributed by atoms with Crippen LogP contribution in [0.15, 0.2) is 28.9 Å². The molecule has 154 valence electrons. The Kier molecular flexibility index (Phi) is 5.37. The summed E-state index contributed by atoms with van der Waals surface area (Å²) in [4.78, 5) is 38.8. The van der Waals surface area contributed by atoms with E-state index in [2.05, 4.69) is 19.8 Å². The maximum absolute atomic E-state index is 12.4. The van der Waals surface area contributed by atoms with Crippen molar-refractivity contribution in [3.63, 3.8) is 0 Å². The quantitative estimate of drug-likeness (QED) is 0.828. The van der Waals surface area contributed by atoms with Crippen molar-refractivity contribution in [2.75, 3.05) is 49.1 Å². The molecule has 0 aliphatic carbocycles. The van der Waals surface area contributed by atoms with Crippen LogP contribution in [-0.2, 0) is 4.79 Å². The molecular weight excluding hydrogens is 374 g/mol. The van der Waals surface area contributed by atoms with E-state index >= 15 is 0 Å². The number of aliphatic carboxylic acids is 1. The minimum atomic E-state index is -0.717. The van der Waals surface area contributed by atoms with Gasteiger partial charge in [-0.3, -0.25) is 9.59 Å². The number of aryl methyl sites for hydroxylation is 1. The third-order valence-corrected chi connectivity index (χ3v) is 5.60. The van der Waals surface area contributed by atoms with Crippen molar-refractivity contribution in [3.8, 4) is 0 Å². The number of carboxylic acid groups (broad SMARTS) is 1. The van der Waals surface area contributed by atoms with E-state index in [9.17, 15) is 14.7 Å². The van der Waals surface area contributed by atoms with E-state index in [0.717, 1.165) is 11.6 Å². The Bertz CT molecular complexity index is 869. The number of piperidine rings is 1. The molecule has 0 bridgehead atoms. The lowest BCUT2D eigenvalue weighted by molar-refractivity contribution is -0.142. The molecule has 0 saturated carbocycles. The molecule has 1 amide bonds. The molecule has 29 heavy (non-hydrogen) atoms. The van der Waals surface area contributed by atoms with Crippen molar-refractivity contribution in [1.29, 1.82) is 0 Å². The molecule has 4 heterocycles. The smallest absolute Gasteiger partial charge is 0.306 e. The molecule has 0 radical (unpaired) electrons. The predicted molar refractivity (Wildman–Crippen MR) is 106 cm³/mol. The Balaban J connectivity index is 1.41. The van der Waals surface area contributed by atoms with Crippen LogP contribution in [0.25, 0.3) is 0 Å². The second-order valence-electron chi connectivity index (χ2n) is 7.49. The van der Waals surface area contributed by atoms with Crippen LogP contribution < -0.4 is 9.80 Å². The summed E-state index contributed by atoms with van der Waals surface area (Å²) in [6.45, 7) is 5.79. The fraction of sp³-hybridized carbons (Fsp3) is 0.500. The zero-order valence-electron chi connectivity index (χ0n) is 16.5. The van der Waals surface area contributed by atoms with E-state index < -0.39 is 5.97 Å². The van der Waals surface area contributed by atoms with E-state index in [4.69, 9.17) is 4.42 Å². The second kappa shape index (κ2) is 8.10. The van der Waals surface area contributed by atoms with Crippen LogP contribution >= 0.6 is 0 Å². The van der Waals surface area contributed by atoms with Crippen LogP contribution in [0.1, 0.15) is 29.2 Å². The normalized spacial score (nSPS) is 18.2. The molecule has 2 fully saturated rings. The van der Waals surface area contributed by atoms with E-state index in [-0.39, 0.29) is 11.8 Å². The van der Waals surface area contributed by atoms with Crippen LogP contribution in [0.4, 0.5) is 11.6 Å². The van der Waals surface area contributed by atoms with Gasteiger partial charge in [0.15, 0.2) is 5.76 Å². The van der Waals surface area contributed by atoms with E-state index in [0.29, 0.717) is 63.7 Å². The van der Waals surface area contributed by atoms with Gasteiger partial charge in [-0.15, -0.1) is 0 Å². The summed E-state index contributed by atoms with van der Waals surface area (Å²) in [7, 11) is 0. The predicted octanol–water partition coefficient (Wildman–Crippen LogP) is 1.64. The molecule has 0 atom stereocenters. The van der Waals surface area contributed by atoms with Gasteiger partial charge in [0.1, 0.15) is 17.5 Å². The van der Waals surface area contributed by atoms with Gasteiger partial charge < -0.3 is 24.2 Å². The van der Waals surface area contributed by atoms with Gasteiger partial charge >= 0.3 is 5.97 Å². The number of carbonyl (C=O) groups excluding carboxylic acids is 1. The molecule has 2 aliphatic heterocycles. The lowest BCUT2D eigenvalue weighted by Gasteiger charge is -2.36. The topological polar surface area (TPSA) is 103 Å². The number of piperazine rings is 1. The lowest BCUT2D eigenvalue weighted by Crippen LogP contribution is -2.49. The minimum Gasteiger partial charge on any atom is -0.481 e. The van der Waals surface area contributed by atoms with Gasteiger partial charge in [0.25, 0.3) is 5.91 Å². The molecule has 2 aromatic rings. The molecule has 1 N–H and O–H groups in total. The highest BCUT2D eigenvalue weighted by Gasteiger charge is 2.27. The zero-order chi connectivity index (χ0) is 20.4. The number of carbonyl (C=O) groups is 2. The van der Waals surface area contributed by atoms with Gasteiger partial charge in [0.2, 0.25) is 0 Å². The van der Waals surface area contributed by atoms with E-state index in [1.165, 1.54) is 6.26 Å². The van der Waals surface area contributed by atoms with Crippen LogP contribution in [0.5, 0.6) is 0 Å². The molecule has 9 heteroatoms. The Labute approximate surface area is 168 Å². The van der Waals surface area contributed by atoms with E-state index in [1.54, 1.807) is 17.0 Å². The van der Waals surface area contributed by atoms with Crippen molar-refractivity contribution in [2.45, 2.75) is 19.8 Å². The first kappa shape index (κ1) is 19.2. The summed E-state index contributed by atoms with van der Waals surface area (Å²) >= 11 is 0. The summed E-state index contributed by atoms with van der Waals surface area (Å²) in [5, 5.41) is 9.19. The van der Waals surface area contributed by atoms with E-state index in [1.807, 2.05) is 13.0 Å². The molecular formula is C20H25N5O4. The SMILES string of the molecule is Cc1nc(N2CCC(C(=O)O)CC2)cc(N2CCN(C(=O)c3ccco3)CC2)n1. The second-order valence-corrected chi connectivity index (χ2v) is 7.49. The Morgan fingerprint density at radius 3 is 2.21 bits per heavy atom. The third kappa shape index (κ3) is 4.18. The lowest BCUT2D eigenvalue weighted by atomic mass is 9.97. The van der Waals surface area contributed by atoms with Crippen LogP contribution in [-0.4, -0.2) is 71.1 Å².